The summed E-state index contributed by atoms with van der Waals surface area (Å²) >= 11 is 1.25. The van der Waals surface area contributed by atoms with E-state index in [-0.39, 0.29) is 46.3 Å². The summed E-state index contributed by atoms with van der Waals surface area (Å²) in [7, 11) is 0. The van der Waals surface area contributed by atoms with Crippen molar-refractivity contribution in [3.8, 4) is 0 Å². The van der Waals surface area contributed by atoms with Gasteiger partial charge in [0.1, 0.15) is 0 Å². The van der Waals surface area contributed by atoms with Crippen LogP contribution in [0.4, 0.5) is 5.82 Å². The molecule has 94 valence electrons. The fourth-order valence-corrected chi connectivity index (χ4v) is 1.32. The van der Waals surface area contributed by atoms with Gasteiger partial charge < -0.3 is 21.1 Å². The molecule has 0 aliphatic rings. The zero-order valence-electron chi connectivity index (χ0n) is 9.32. The summed E-state index contributed by atoms with van der Waals surface area (Å²) in [6, 6.07) is 0. The summed E-state index contributed by atoms with van der Waals surface area (Å²) in [5.74, 6) is -0.821. The van der Waals surface area contributed by atoms with E-state index in [0.29, 0.717) is 5.16 Å². The van der Waals surface area contributed by atoms with Crippen LogP contribution in [0.5, 0.6) is 0 Å². The Kier molecular flexibility index (Phi) is 7.93. The van der Waals surface area contributed by atoms with E-state index in [1.807, 2.05) is 0 Å². The average Bonchev–Trinajstić information content (AvgIpc) is 2.61. The van der Waals surface area contributed by atoms with Gasteiger partial charge >= 0.3 is 40.9 Å². The van der Waals surface area contributed by atoms with Crippen LogP contribution in [0.15, 0.2) is 9.95 Å². The van der Waals surface area contributed by atoms with Crippen molar-refractivity contribution in [1.29, 1.82) is 0 Å². The molecule has 2 rings (SSSR count). The second-order valence-electron chi connectivity index (χ2n) is 2.45. The third-order valence-electron chi connectivity index (χ3n) is 1.60. The molecule has 0 radical (unpaired) electrons. The number of aromatic nitrogens is 5. The number of nitrogens with zero attached hydrogens (tertiary/aromatic N) is 5. The molecule has 2 heterocycles. The van der Waals surface area contributed by atoms with E-state index in [4.69, 9.17) is 0 Å². The molecule has 0 saturated carbocycles. The van der Waals surface area contributed by atoms with Crippen LogP contribution in [0.1, 0.15) is 0 Å². The molecule has 0 fully saturated rings. The van der Waals surface area contributed by atoms with Crippen molar-refractivity contribution in [3.05, 3.63) is 20.5 Å². The number of hydrogen-bond donors (Lipinski definition) is 1. The zero-order chi connectivity index (χ0) is 11.0. The monoisotopic (exact) mass is 286 g/mol. The first-order valence-electron chi connectivity index (χ1n) is 3.67. The van der Waals surface area contributed by atoms with Gasteiger partial charge in [-0.2, -0.15) is 9.50 Å². The Bertz CT molecular complexity index is 598. The van der Waals surface area contributed by atoms with E-state index < -0.39 is 16.3 Å². The maximum absolute atomic E-state index is 11.4. The minimum atomic E-state index is -0.888. The van der Waals surface area contributed by atoms with Gasteiger partial charge in [0.25, 0.3) is 5.78 Å². The summed E-state index contributed by atoms with van der Waals surface area (Å²) in [6.07, 6.45) is 1.74. The average molecular weight is 286 g/mol. The van der Waals surface area contributed by atoms with Gasteiger partial charge in [0.05, 0.1) is 5.10 Å². The number of rotatable bonds is 2. The normalized spacial score (nSPS) is 8.94. The quantitative estimate of drug-likeness (QED) is 0.248. The smallest absolute Gasteiger partial charge is 0.870 e. The number of hydrogen-bond acceptors (Lipinski definition) is 8. The van der Waals surface area contributed by atoms with Gasteiger partial charge in [-0.05, 0) is 11.2 Å². The topological polar surface area (TPSA) is 181 Å². The van der Waals surface area contributed by atoms with Crippen molar-refractivity contribution in [3.63, 3.8) is 0 Å². The molecule has 2 aromatic heterocycles. The van der Waals surface area contributed by atoms with Crippen molar-refractivity contribution < 1.29 is 45.4 Å². The Morgan fingerprint density at radius 3 is 2.56 bits per heavy atom. The van der Waals surface area contributed by atoms with E-state index in [1.165, 1.54) is 11.8 Å². The van der Waals surface area contributed by atoms with Gasteiger partial charge in [0, 0.05) is 5.10 Å². The maximum atomic E-state index is 11.4. The van der Waals surface area contributed by atoms with Crippen molar-refractivity contribution in [2.45, 2.75) is 5.16 Å². The Morgan fingerprint density at radius 2 is 2.06 bits per heavy atom. The van der Waals surface area contributed by atoms with Crippen LogP contribution in [-0.4, -0.2) is 46.9 Å². The molecule has 0 spiro atoms. The molecule has 0 aromatic carbocycles. The summed E-state index contributed by atoms with van der Waals surface area (Å²) < 4.78 is 0.886. The van der Waals surface area contributed by atoms with Crippen molar-refractivity contribution in [2.24, 2.45) is 0 Å². The molecule has 11 nitrogen and oxygen atoms in total. The van der Waals surface area contributed by atoms with Crippen LogP contribution in [0.2, 0.25) is 0 Å². The molecule has 0 atom stereocenters. The molecule has 0 unspecified atom stereocenters. The van der Waals surface area contributed by atoms with Crippen molar-refractivity contribution in [1.82, 2.24) is 24.8 Å². The van der Waals surface area contributed by atoms with Crippen molar-refractivity contribution >= 4 is 23.4 Å². The molecular weight excluding hydrogens is 279 g/mol. The van der Waals surface area contributed by atoms with E-state index in [1.54, 1.807) is 6.26 Å². The summed E-state index contributed by atoms with van der Waals surface area (Å²) in [5, 5.41) is 20.0. The molecule has 0 saturated heterocycles. The summed E-state index contributed by atoms with van der Waals surface area (Å²) in [5.41, 5.74) is -0.877. The second kappa shape index (κ2) is 7.40. The first-order valence-corrected chi connectivity index (χ1v) is 4.90. The molecule has 0 amide bonds. The molecule has 2 aromatic rings. The number of nitrogens with one attached hydrogen (secondary N) is 1. The molecule has 13 heteroatoms. The van der Waals surface area contributed by atoms with Gasteiger partial charge in [0.2, 0.25) is 0 Å². The van der Waals surface area contributed by atoms with Gasteiger partial charge in [-0.3, -0.25) is 9.89 Å². The predicted molar refractivity (Wildman–Crippen MR) is 55.4 cm³/mol. The van der Waals surface area contributed by atoms with Crippen LogP contribution >= 0.6 is 11.8 Å². The van der Waals surface area contributed by atoms with Gasteiger partial charge in [0.15, 0.2) is 5.16 Å². The Balaban J connectivity index is 0. The standard InChI is InChI=1S/C5H4N6O3S.Na.2H2O/c1-15-5-6-4-8-7-2(11(13)14)3(12)10(4)9-5;;;/h1H3,(H,6,8,9);;2*1H2/q;+1;;/p-1. The SMILES string of the molecule is CSc1nc2nnc([N+](=O)[O-])c(=O)n2[nH]1.O.[Na+].[OH-]. The van der Waals surface area contributed by atoms with Gasteiger partial charge in [-0.1, -0.05) is 11.8 Å². The predicted octanol–water partition coefficient (Wildman–Crippen LogP) is -4.55. The van der Waals surface area contributed by atoms with Crippen molar-refractivity contribution in [2.75, 3.05) is 6.26 Å². The van der Waals surface area contributed by atoms with Crippen LogP contribution in [0.25, 0.3) is 5.78 Å². The van der Waals surface area contributed by atoms with E-state index >= 15 is 0 Å². The first-order chi connectivity index (χ1) is 7.13. The number of thioether (sulfide) groups is 1. The number of nitro groups is 1. The Hall–Kier alpha value is -1.05. The summed E-state index contributed by atoms with van der Waals surface area (Å²) in [6.45, 7) is 0. The number of fused-ring (bicyclic) bond motifs is 1. The molecule has 0 aliphatic heterocycles. The third-order valence-corrected chi connectivity index (χ3v) is 2.17. The van der Waals surface area contributed by atoms with Gasteiger partial charge in [-0.25, -0.2) is 0 Å². The largest absolute Gasteiger partial charge is 1.00 e. The van der Waals surface area contributed by atoms with Gasteiger partial charge in [-0.15, -0.1) is 0 Å². The van der Waals surface area contributed by atoms with E-state index in [0.717, 1.165) is 4.52 Å². The molecule has 0 bridgehead atoms. The maximum Gasteiger partial charge on any atom is 1.00 e. The Morgan fingerprint density at radius 1 is 1.44 bits per heavy atom. The molecule has 18 heavy (non-hydrogen) atoms. The van der Waals surface area contributed by atoms with Crippen LogP contribution in [-0.2, 0) is 0 Å². The second-order valence-corrected chi connectivity index (χ2v) is 3.25. The molecule has 4 N–H and O–H groups in total. The van der Waals surface area contributed by atoms with Crippen LogP contribution < -0.4 is 35.1 Å². The molecule has 0 aliphatic carbocycles. The number of aromatic amines is 1. The first kappa shape index (κ1) is 19.3. The minimum absolute atomic E-state index is 0. The minimum Gasteiger partial charge on any atom is -0.870 e. The number of H-pyrrole nitrogens is 1. The fraction of sp³-hybridized carbons (Fsp3) is 0.200. The fourth-order valence-electron chi connectivity index (χ4n) is 0.961. The third kappa shape index (κ3) is 3.24. The van der Waals surface area contributed by atoms with E-state index in [2.05, 4.69) is 20.3 Å². The van der Waals surface area contributed by atoms with Crippen LogP contribution in [0, 0.1) is 10.1 Å². The Labute approximate surface area is 125 Å². The summed E-state index contributed by atoms with van der Waals surface area (Å²) in [4.78, 5) is 24.8. The zero-order valence-corrected chi connectivity index (χ0v) is 12.1. The molecular formula is C5H7N6NaO5S. The van der Waals surface area contributed by atoms with Crippen LogP contribution in [0.3, 0.4) is 0 Å². The van der Waals surface area contributed by atoms with E-state index in [9.17, 15) is 14.9 Å².